The summed E-state index contributed by atoms with van der Waals surface area (Å²) < 4.78 is 7.14. The molecular formula is C15H17N3O3. The number of benzene rings is 1. The minimum atomic E-state index is -1.12. The van der Waals surface area contributed by atoms with Crippen molar-refractivity contribution in [3.8, 4) is 5.75 Å². The normalized spacial score (nSPS) is 10.3. The Balaban J connectivity index is 2.19. The number of carbonyl (C=O) groups is 1. The molecule has 1 heterocycles. The Kier molecular flexibility index (Phi) is 4.71. The summed E-state index contributed by atoms with van der Waals surface area (Å²) in [7, 11) is 0. The second-order valence-electron chi connectivity index (χ2n) is 4.45. The van der Waals surface area contributed by atoms with E-state index in [2.05, 4.69) is 23.8 Å². The van der Waals surface area contributed by atoms with E-state index in [-0.39, 0.29) is 12.3 Å². The van der Waals surface area contributed by atoms with Crippen molar-refractivity contribution in [1.29, 1.82) is 0 Å². The van der Waals surface area contributed by atoms with Crippen molar-refractivity contribution in [2.75, 3.05) is 0 Å². The quantitative estimate of drug-likeness (QED) is 0.791. The van der Waals surface area contributed by atoms with Crippen LogP contribution in [-0.2, 0) is 19.6 Å². The highest BCUT2D eigenvalue weighted by Crippen LogP contribution is 2.16. The Labute approximate surface area is 122 Å². The number of carboxylic acid groups (broad SMARTS) is 1. The van der Waals surface area contributed by atoms with Crippen molar-refractivity contribution in [3.05, 3.63) is 53.9 Å². The van der Waals surface area contributed by atoms with Crippen LogP contribution < -0.4 is 4.74 Å². The smallest absolute Gasteiger partial charge is 0.358 e. The third-order valence-corrected chi connectivity index (χ3v) is 3.02. The summed E-state index contributed by atoms with van der Waals surface area (Å²) in [6.45, 7) is 6.15. The zero-order valence-corrected chi connectivity index (χ0v) is 11.8. The summed E-state index contributed by atoms with van der Waals surface area (Å²) in [6.07, 6.45) is 2.54. The van der Waals surface area contributed by atoms with E-state index in [9.17, 15) is 4.79 Å². The minimum absolute atomic E-state index is 0.0929. The van der Waals surface area contributed by atoms with Gasteiger partial charge in [-0.3, -0.25) is 0 Å². The number of hydrogen-bond acceptors (Lipinski definition) is 4. The Morgan fingerprint density at radius 3 is 3.00 bits per heavy atom. The third-order valence-electron chi connectivity index (χ3n) is 3.02. The number of aromatic carboxylic acids is 1. The van der Waals surface area contributed by atoms with Crippen LogP contribution >= 0.6 is 0 Å². The summed E-state index contributed by atoms with van der Waals surface area (Å²) in [5.74, 6) is -0.428. The number of allylic oxidation sites excluding steroid dienone is 1. The van der Waals surface area contributed by atoms with Gasteiger partial charge in [-0.05, 0) is 24.1 Å². The number of carboxylic acids is 1. The molecule has 0 aliphatic carbocycles. The van der Waals surface area contributed by atoms with Crippen molar-refractivity contribution >= 4 is 5.97 Å². The maximum absolute atomic E-state index is 11.2. The SMILES string of the molecule is C=CCn1nnc(C(=O)O)c1COc1cccc(CC)c1. The average molecular weight is 287 g/mol. The Bertz CT molecular complexity index is 649. The zero-order chi connectivity index (χ0) is 15.2. The molecule has 0 amide bonds. The molecule has 110 valence electrons. The molecule has 6 nitrogen and oxygen atoms in total. The van der Waals surface area contributed by atoms with Gasteiger partial charge in [0.2, 0.25) is 0 Å². The van der Waals surface area contributed by atoms with E-state index < -0.39 is 5.97 Å². The van der Waals surface area contributed by atoms with Gasteiger partial charge in [-0.2, -0.15) is 0 Å². The summed E-state index contributed by atoms with van der Waals surface area (Å²) in [5.41, 5.74) is 1.48. The molecule has 0 saturated heterocycles. The van der Waals surface area contributed by atoms with E-state index in [1.165, 1.54) is 4.68 Å². The van der Waals surface area contributed by atoms with Gasteiger partial charge in [0.25, 0.3) is 0 Å². The molecule has 6 heteroatoms. The van der Waals surface area contributed by atoms with Crippen LogP contribution in [0.2, 0.25) is 0 Å². The first-order valence-corrected chi connectivity index (χ1v) is 6.64. The molecule has 0 atom stereocenters. The lowest BCUT2D eigenvalue weighted by Gasteiger charge is -2.09. The summed E-state index contributed by atoms with van der Waals surface area (Å²) in [4.78, 5) is 11.2. The molecule has 0 aliphatic rings. The van der Waals surface area contributed by atoms with Crippen molar-refractivity contribution in [3.63, 3.8) is 0 Å². The van der Waals surface area contributed by atoms with E-state index in [0.29, 0.717) is 18.0 Å². The number of ether oxygens (including phenoxy) is 1. The maximum Gasteiger partial charge on any atom is 0.358 e. The molecule has 2 rings (SSSR count). The summed E-state index contributed by atoms with van der Waals surface area (Å²) >= 11 is 0. The maximum atomic E-state index is 11.2. The molecular weight excluding hydrogens is 270 g/mol. The zero-order valence-electron chi connectivity index (χ0n) is 11.8. The molecule has 1 aromatic heterocycles. The van der Waals surface area contributed by atoms with Crippen molar-refractivity contribution in [2.45, 2.75) is 26.5 Å². The standard InChI is InChI=1S/C15H17N3O3/c1-3-8-18-13(14(15(19)20)16-17-18)10-21-12-7-5-6-11(4-2)9-12/h3,5-7,9H,1,4,8,10H2,2H3,(H,19,20). The predicted molar refractivity (Wildman–Crippen MR) is 77.3 cm³/mol. The van der Waals surface area contributed by atoms with Gasteiger partial charge < -0.3 is 9.84 Å². The Morgan fingerprint density at radius 1 is 1.52 bits per heavy atom. The largest absolute Gasteiger partial charge is 0.487 e. The van der Waals surface area contributed by atoms with Gasteiger partial charge in [0.05, 0.1) is 6.54 Å². The highest BCUT2D eigenvalue weighted by molar-refractivity contribution is 5.86. The lowest BCUT2D eigenvalue weighted by Crippen LogP contribution is -2.11. The molecule has 0 saturated carbocycles. The van der Waals surface area contributed by atoms with Crippen LogP contribution in [0.4, 0.5) is 0 Å². The van der Waals surface area contributed by atoms with Crippen molar-refractivity contribution in [1.82, 2.24) is 15.0 Å². The van der Waals surface area contributed by atoms with Crippen LogP contribution in [0.25, 0.3) is 0 Å². The van der Waals surface area contributed by atoms with Crippen LogP contribution in [-0.4, -0.2) is 26.1 Å². The first-order valence-electron chi connectivity index (χ1n) is 6.64. The Hall–Kier alpha value is -2.63. The number of hydrogen-bond donors (Lipinski definition) is 1. The van der Waals surface area contributed by atoms with E-state index in [1.54, 1.807) is 6.08 Å². The molecule has 0 unspecified atom stereocenters. The van der Waals surface area contributed by atoms with E-state index >= 15 is 0 Å². The van der Waals surface area contributed by atoms with Crippen molar-refractivity contribution < 1.29 is 14.6 Å². The van der Waals surface area contributed by atoms with Crippen LogP contribution in [0.3, 0.4) is 0 Å². The fraction of sp³-hybridized carbons (Fsp3) is 0.267. The topological polar surface area (TPSA) is 77.2 Å². The first kappa shape index (κ1) is 14.8. The monoisotopic (exact) mass is 287 g/mol. The number of nitrogens with zero attached hydrogens (tertiary/aromatic N) is 3. The van der Waals surface area contributed by atoms with Gasteiger partial charge in [-0.1, -0.05) is 30.3 Å². The van der Waals surface area contributed by atoms with Crippen molar-refractivity contribution in [2.24, 2.45) is 0 Å². The number of aromatic nitrogens is 3. The van der Waals surface area contributed by atoms with Crippen LogP contribution in [0.5, 0.6) is 5.75 Å². The molecule has 2 aromatic rings. The van der Waals surface area contributed by atoms with Crippen LogP contribution in [0, 0.1) is 0 Å². The van der Waals surface area contributed by atoms with E-state index in [1.807, 2.05) is 24.3 Å². The first-order chi connectivity index (χ1) is 10.2. The lowest BCUT2D eigenvalue weighted by atomic mass is 10.2. The minimum Gasteiger partial charge on any atom is -0.487 e. The second-order valence-corrected chi connectivity index (χ2v) is 4.45. The molecule has 21 heavy (non-hydrogen) atoms. The molecule has 0 fully saturated rings. The molecule has 0 radical (unpaired) electrons. The van der Waals surface area contributed by atoms with Gasteiger partial charge in [0, 0.05) is 0 Å². The third kappa shape index (κ3) is 3.47. The fourth-order valence-electron chi connectivity index (χ4n) is 1.92. The number of aryl methyl sites for hydroxylation is 1. The van der Waals surface area contributed by atoms with Gasteiger partial charge in [0.1, 0.15) is 18.1 Å². The highest BCUT2D eigenvalue weighted by Gasteiger charge is 2.19. The van der Waals surface area contributed by atoms with Crippen LogP contribution in [0.1, 0.15) is 28.7 Å². The molecule has 0 bridgehead atoms. The van der Waals surface area contributed by atoms with E-state index in [4.69, 9.17) is 9.84 Å². The van der Waals surface area contributed by atoms with Crippen LogP contribution in [0.15, 0.2) is 36.9 Å². The summed E-state index contributed by atoms with van der Waals surface area (Å²) in [5, 5.41) is 16.6. The summed E-state index contributed by atoms with van der Waals surface area (Å²) in [6, 6.07) is 7.69. The highest BCUT2D eigenvalue weighted by atomic mass is 16.5. The molecule has 1 N–H and O–H groups in total. The van der Waals surface area contributed by atoms with Gasteiger partial charge in [-0.15, -0.1) is 11.7 Å². The lowest BCUT2D eigenvalue weighted by molar-refractivity contribution is 0.0687. The molecule has 0 spiro atoms. The number of rotatable bonds is 7. The average Bonchev–Trinajstić information content (AvgIpc) is 2.89. The Morgan fingerprint density at radius 2 is 2.33 bits per heavy atom. The van der Waals surface area contributed by atoms with E-state index in [0.717, 1.165) is 12.0 Å². The fourth-order valence-corrected chi connectivity index (χ4v) is 1.92. The van der Waals surface area contributed by atoms with Gasteiger partial charge in [-0.25, -0.2) is 9.48 Å². The van der Waals surface area contributed by atoms with Gasteiger partial charge >= 0.3 is 5.97 Å². The molecule has 0 aliphatic heterocycles. The molecule has 1 aromatic carbocycles. The second kappa shape index (κ2) is 6.69. The predicted octanol–water partition coefficient (Wildman–Crippen LogP) is 2.30. The van der Waals surface area contributed by atoms with Gasteiger partial charge in [0.15, 0.2) is 5.69 Å².